The molecule has 1 unspecified atom stereocenters. The molecule has 3 aromatic carbocycles. The topological polar surface area (TPSA) is 55.8 Å². The third-order valence-corrected chi connectivity index (χ3v) is 6.98. The molecule has 1 fully saturated rings. The van der Waals surface area contributed by atoms with Gasteiger partial charge in [0.1, 0.15) is 23.4 Å². The van der Waals surface area contributed by atoms with Crippen LogP contribution >= 0.6 is 0 Å². The lowest BCUT2D eigenvalue weighted by molar-refractivity contribution is -0.142. The van der Waals surface area contributed by atoms with Gasteiger partial charge in [-0.2, -0.15) is 0 Å². The summed E-state index contributed by atoms with van der Waals surface area (Å²) < 4.78 is 25.8. The molecular weight excluding hydrogens is 419 g/mol. The fourth-order valence-corrected chi connectivity index (χ4v) is 4.95. The van der Waals surface area contributed by atoms with Crippen LogP contribution < -0.4 is 9.47 Å². The number of fused-ring (bicyclic) bond motifs is 1. The molecule has 1 aliphatic carbocycles. The first-order valence-electron chi connectivity index (χ1n) is 11.4. The zero-order chi connectivity index (χ0) is 23.1. The summed E-state index contributed by atoms with van der Waals surface area (Å²) in [7, 11) is 1.57. The first kappa shape index (κ1) is 21.5. The highest BCUT2D eigenvalue weighted by Gasteiger charge is 2.39. The lowest BCUT2D eigenvalue weighted by Crippen LogP contribution is -2.20. The van der Waals surface area contributed by atoms with Crippen LogP contribution in [0.5, 0.6) is 11.5 Å². The second kappa shape index (κ2) is 8.54. The van der Waals surface area contributed by atoms with Gasteiger partial charge >= 0.3 is 5.97 Å². The Balaban J connectivity index is 1.35. The van der Waals surface area contributed by atoms with Crippen LogP contribution in [0.2, 0.25) is 0 Å². The van der Waals surface area contributed by atoms with Crippen molar-refractivity contribution in [3.8, 4) is 22.6 Å². The molecule has 1 N–H and O–H groups in total. The summed E-state index contributed by atoms with van der Waals surface area (Å²) in [5, 5.41) is 9.56. The number of carboxylic acids is 1. The molecule has 0 amide bonds. The normalized spacial score (nSPS) is 18.8. The van der Waals surface area contributed by atoms with E-state index in [4.69, 9.17) is 9.47 Å². The third kappa shape index (κ3) is 4.20. The summed E-state index contributed by atoms with van der Waals surface area (Å²) in [5.41, 5.74) is 4.49. The van der Waals surface area contributed by atoms with Crippen LogP contribution in [0.4, 0.5) is 4.39 Å². The average molecular weight is 447 g/mol. The molecule has 0 spiro atoms. The van der Waals surface area contributed by atoms with Gasteiger partial charge in [-0.15, -0.1) is 0 Å². The van der Waals surface area contributed by atoms with E-state index in [0.717, 1.165) is 47.3 Å². The minimum atomic E-state index is -0.751. The van der Waals surface area contributed by atoms with Gasteiger partial charge in [-0.3, -0.25) is 4.79 Å². The molecule has 5 heteroatoms. The van der Waals surface area contributed by atoms with Crippen molar-refractivity contribution in [3.05, 3.63) is 83.2 Å². The van der Waals surface area contributed by atoms with Crippen molar-refractivity contribution in [2.75, 3.05) is 7.11 Å². The van der Waals surface area contributed by atoms with Gasteiger partial charge in [0.15, 0.2) is 0 Å². The predicted octanol–water partition coefficient (Wildman–Crippen LogP) is 6.39. The molecule has 1 saturated carbocycles. The Labute approximate surface area is 193 Å². The molecule has 0 aromatic heterocycles. The molecule has 1 heterocycles. The van der Waals surface area contributed by atoms with Crippen molar-refractivity contribution in [1.82, 2.24) is 0 Å². The number of ether oxygens (including phenoxy) is 2. The molecule has 2 aliphatic rings. The van der Waals surface area contributed by atoms with Crippen molar-refractivity contribution in [2.24, 2.45) is 11.8 Å². The highest BCUT2D eigenvalue weighted by molar-refractivity contribution is 5.71. The van der Waals surface area contributed by atoms with Crippen molar-refractivity contribution in [3.63, 3.8) is 0 Å². The first-order valence-corrected chi connectivity index (χ1v) is 11.4. The Bertz CT molecular complexity index is 1180. The summed E-state index contributed by atoms with van der Waals surface area (Å²) in [6.07, 6.45) is 2.81. The van der Waals surface area contributed by atoms with E-state index in [2.05, 4.69) is 12.1 Å². The van der Waals surface area contributed by atoms with E-state index in [0.29, 0.717) is 17.2 Å². The maximum absolute atomic E-state index is 14.3. The van der Waals surface area contributed by atoms with Crippen molar-refractivity contribution in [2.45, 2.75) is 38.2 Å². The Morgan fingerprint density at radius 3 is 2.52 bits per heavy atom. The maximum Gasteiger partial charge on any atom is 0.306 e. The van der Waals surface area contributed by atoms with E-state index in [1.165, 1.54) is 6.07 Å². The fraction of sp³-hybridized carbons (Fsp3) is 0.321. The molecule has 0 radical (unpaired) electrons. The molecule has 4 nitrogen and oxygen atoms in total. The van der Waals surface area contributed by atoms with E-state index in [9.17, 15) is 14.3 Å². The molecule has 5 rings (SSSR count). The minimum Gasteiger partial charge on any atom is -0.497 e. The second-order valence-corrected chi connectivity index (χ2v) is 9.14. The van der Waals surface area contributed by atoms with Crippen LogP contribution in [-0.4, -0.2) is 18.2 Å². The summed E-state index contributed by atoms with van der Waals surface area (Å²) in [6.45, 7) is 1.80. The molecule has 170 valence electrons. The smallest absolute Gasteiger partial charge is 0.306 e. The SMILES string of the molecule is COc1ccc(F)c(-c2ccc(C3Cc4ccc([C@H](C5CC5)[C@H](C)C(=O)O)cc4O3)cc2)c1. The van der Waals surface area contributed by atoms with E-state index < -0.39 is 11.9 Å². The number of aliphatic carboxylic acids is 1. The van der Waals surface area contributed by atoms with Crippen LogP contribution in [0, 0.1) is 17.7 Å². The standard InChI is InChI=1S/C28H27FO4/c1-16(28(30)31)27(19-7-8-19)21-10-9-20-13-25(33-26(20)14-21)18-5-3-17(4-6-18)23-15-22(32-2)11-12-24(23)29/h3-6,9-12,14-16,19,25,27H,7-8,13H2,1-2H3,(H,30,31)/t16-,25?,27-/m0/s1. The zero-order valence-electron chi connectivity index (χ0n) is 18.8. The number of rotatable bonds is 7. The van der Waals surface area contributed by atoms with Crippen LogP contribution in [0.25, 0.3) is 11.1 Å². The van der Waals surface area contributed by atoms with Gasteiger partial charge in [0.2, 0.25) is 0 Å². The maximum atomic E-state index is 14.3. The van der Waals surface area contributed by atoms with E-state index in [1.54, 1.807) is 26.2 Å². The number of carbonyl (C=O) groups is 1. The highest BCUT2D eigenvalue weighted by atomic mass is 19.1. The molecular formula is C28H27FO4. The van der Waals surface area contributed by atoms with Crippen LogP contribution in [-0.2, 0) is 11.2 Å². The van der Waals surface area contributed by atoms with Gasteiger partial charge in [-0.25, -0.2) is 4.39 Å². The van der Waals surface area contributed by atoms with Crippen molar-refractivity contribution >= 4 is 5.97 Å². The van der Waals surface area contributed by atoms with E-state index in [-0.39, 0.29) is 17.8 Å². The largest absolute Gasteiger partial charge is 0.497 e. The third-order valence-electron chi connectivity index (χ3n) is 6.98. The van der Waals surface area contributed by atoms with E-state index in [1.807, 2.05) is 30.3 Å². The lowest BCUT2D eigenvalue weighted by Gasteiger charge is -2.21. The summed E-state index contributed by atoms with van der Waals surface area (Å²) in [6, 6.07) is 18.7. The van der Waals surface area contributed by atoms with Crippen molar-refractivity contribution < 1.29 is 23.8 Å². The quantitative estimate of drug-likeness (QED) is 0.457. The number of benzene rings is 3. The Morgan fingerprint density at radius 1 is 1.09 bits per heavy atom. The Kier molecular flexibility index (Phi) is 5.57. The minimum absolute atomic E-state index is 0.0208. The Hall–Kier alpha value is -3.34. The number of halogens is 1. The van der Waals surface area contributed by atoms with Gasteiger partial charge in [0, 0.05) is 12.0 Å². The molecule has 3 atom stereocenters. The van der Waals surface area contributed by atoms with Crippen molar-refractivity contribution in [1.29, 1.82) is 0 Å². The van der Waals surface area contributed by atoms with E-state index >= 15 is 0 Å². The highest BCUT2D eigenvalue weighted by Crippen LogP contribution is 2.48. The first-order chi connectivity index (χ1) is 15.9. The summed E-state index contributed by atoms with van der Waals surface area (Å²) >= 11 is 0. The van der Waals surface area contributed by atoms with Crippen LogP contribution in [0.3, 0.4) is 0 Å². The Morgan fingerprint density at radius 2 is 1.85 bits per heavy atom. The van der Waals surface area contributed by atoms with Gasteiger partial charge in [0.25, 0.3) is 0 Å². The summed E-state index contributed by atoms with van der Waals surface area (Å²) in [4.78, 5) is 11.6. The molecule has 3 aromatic rings. The number of methoxy groups -OCH3 is 1. The fourth-order valence-electron chi connectivity index (χ4n) is 4.95. The van der Waals surface area contributed by atoms with Gasteiger partial charge in [0.05, 0.1) is 13.0 Å². The monoisotopic (exact) mass is 446 g/mol. The zero-order valence-corrected chi connectivity index (χ0v) is 18.8. The van der Waals surface area contributed by atoms with Gasteiger partial charge in [-0.1, -0.05) is 43.3 Å². The summed E-state index contributed by atoms with van der Waals surface area (Å²) in [5.74, 6) is 0.451. The number of hydrogen-bond acceptors (Lipinski definition) is 3. The molecule has 33 heavy (non-hydrogen) atoms. The second-order valence-electron chi connectivity index (χ2n) is 9.14. The molecule has 0 saturated heterocycles. The van der Waals surface area contributed by atoms with Gasteiger partial charge in [-0.05, 0) is 71.2 Å². The van der Waals surface area contributed by atoms with Gasteiger partial charge < -0.3 is 14.6 Å². The number of hydrogen-bond donors (Lipinski definition) is 1. The molecule has 0 bridgehead atoms. The lowest BCUT2D eigenvalue weighted by atomic mass is 9.83. The average Bonchev–Trinajstić information content (AvgIpc) is 3.56. The molecule has 1 aliphatic heterocycles. The number of carboxylic acid groups (broad SMARTS) is 1. The predicted molar refractivity (Wildman–Crippen MR) is 124 cm³/mol. The van der Waals surface area contributed by atoms with Crippen LogP contribution in [0.1, 0.15) is 48.5 Å². The van der Waals surface area contributed by atoms with Crippen LogP contribution in [0.15, 0.2) is 60.7 Å².